The van der Waals surface area contributed by atoms with Gasteiger partial charge in [-0.15, -0.1) is 23.4 Å². The number of carbonyl (C=O) groups excluding carboxylic acids is 3. The van der Waals surface area contributed by atoms with E-state index < -0.39 is 0 Å². The Morgan fingerprint density at radius 3 is 2.55 bits per heavy atom. The minimum atomic E-state index is -0.291. The number of pyridine rings is 1. The molecule has 9 unspecified atom stereocenters. The Balaban J connectivity index is 0.809. The lowest BCUT2D eigenvalue weighted by Gasteiger charge is -2.46. The average molecular weight is 745 g/mol. The van der Waals surface area contributed by atoms with Crippen molar-refractivity contribution < 1.29 is 14.4 Å². The van der Waals surface area contributed by atoms with E-state index in [4.69, 9.17) is 16.6 Å². The molecule has 13 nitrogen and oxygen atoms in total. The van der Waals surface area contributed by atoms with Crippen LogP contribution < -0.4 is 36.8 Å². The summed E-state index contributed by atoms with van der Waals surface area (Å²) < 4.78 is 0. The number of hydrogen-bond acceptors (Lipinski definition) is 12. The van der Waals surface area contributed by atoms with E-state index in [0.29, 0.717) is 37.4 Å². The number of piperazine rings is 1. The van der Waals surface area contributed by atoms with E-state index in [0.717, 1.165) is 95.7 Å². The van der Waals surface area contributed by atoms with Crippen molar-refractivity contribution in [3.8, 4) is 0 Å². The summed E-state index contributed by atoms with van der Waals surface area (Å²) >= 11 is 8.27. The molecule has 51 heavy (non-hydrogen) atoms. The van der Waals surface area contributed by atoms with Crippen molar-refractivity contribution >= 4 is 46.9 Å². The second-order valence-corrected chi connectivity index (χ2v) is 17.5. The smallest absolute Gasteiger partial charge is 0.234 e. The number of thioether (sulfide) groups is 1. The molecule has 0 bridgehead atoms. The Hall–Kier alpha value is -2.04. The van der Waals surface area contributed by atoms with Gasteiger partial charge in [0.1, 0.15) is 11.3 Å². The fourth-order valence-corrected chi connectivity index (χ4v) is 10.5. The number of halogens is 1. The van der Waals surface area contributed by atoms with Crippen LogP contribution in [0.25, 0.3) is 0 Å². The Labute approximate surface area is 311 Å². The van der Waals surface area contributed by atoms with Gasteiger partial charge in [0.05, 0.1) is 35.0 Å². The van der Waals surface area contributed by atoms with Gasteiger partial charge < -0.3 is 15.1 Å². The molecule has 0 spiro atoms. The molecule has 1 saturated carbocycles. The van der Waals surface area contributed by atoms with Gasteiger partial charge in [-0.1, -0.05) is 19.4 Å². The predicted octanol–water partition coefficient (Wildman–Crippen LogP) is 1.51. The number of piperidine rings is 2. The first-order valence-corrected chi connectivity index (χ1v) is 20.7. The molecule has 0 radical (unpaired) electrons. The standard InChI is InChI=1S/C36H57ClN10O3S/c1-22-4-3-5-27(37)33(22)44-35(50)28-20-39-36(51-28)42-29-18-31(41-23(2)40-29)47-16-14-45(15-17-47)21-24-10-12-46(13-11-24)30-8-6-25(19-38-30)26-7-9-32(48)43-34(26)49/h6,8,19,22-24,26-29,31,33,36,39-42H,3-5,7,9-18,20-21H2,1-2H3,(H,44,50)(H,43,48,49). The van der Waals surface area contributed by atoms with Crippen LogP contribution in [-0.4, -0.2) is 126 Å². The van der Waals surface area contributed by atoms with E-state index in [1.165, 1.54) is 0 Å². The first-order valence-electron chi connectivity index (χ1n) is 19.3. The monoisotopic (exact) mass is 744 g/mol. The molecule has 5 saturated heterocycles. The number of alkyl halides is 1. The van der Waals surface area contributed by atoms with Crippen molar-refractivity contribution in [3.63, 3.8) is 0 Å². The maximum atomic E-state index is 13.1. The molecular weight excluding hydrogens is 688 g/mol. The van der Waals surface area contributed by atoms with Crippen LogP contribution in [0.3, 0.4) is 0 Å². The summed E-state index contributed by atoms with van der Waals surface area (Å²) in [6.45, 7) is 12.5. The molecule has 9 atom stereocenters. The van der Waals surface area contributed by atoms with Gasteiger partial charge in [-0.3, -0.25) is 45.9 Å². The normalized spacial score (nSPS) is 36.2. The van der Waals surface area contributed by atoms with Crippen molar-refractivity contribution in [1.29, 1.82) is 0 Å². The van der Waals surface area contributed by atoms with Crippen molar-refractivity contribution in [2.75, 3.05) is 57.3 Å². The van der Waals surface area contributed by atoms with E-state index in [9.17, 15) is 14.4 Å². The summed E-state index contributed by atoms with van der Waals surface area (Å²) in [5, 5.41) is 20.3. The Morgan fingerprint density at radius 2 is 1.82 bits per heavy atom. The van der Waals surface area contributed by atoms with Gasteiger partial charge >= 0.3 is 0 Å². The maximum Gasteiger partial charge on any atom is 0.234 e. The van der Waals surface area contributed by atoms with Crippen LogP contribution in [0.4, 0.5) is 5.82 Å². The van der Waals surface area contributed by atoms with Gasteiger partial charge in [-0.2, -0.15) is 0 Å². The Kier molecular flexibility index (Phi) is 12.4. The van der Waals surface area contributed by atoms with Crippen LogP contribution in [0.5, 0.6) is 0 Å². The average Bonchev–Trinajstić information content (AvgIpc) is 3.59. The minimum absolute atomic E-state index is 0.0212. The molecule has 0 aromatic carbocycles. The number of aromatic nitrogens is 1. The Morgan fingerprint density at radius 1 is 1.02 bits per heavy atom. The van der Waals surface area contributed by atoms with Crippen LogP contribution in [0, 0.1) is 11.8 Å². The second-order valence-electron chi connectivity index (χ2n) is 15.6. The highest BCUT2D eigenvalue weighted by Crippen LogP contribution is 2.30. The van der Waals surface area contributed by atoms with Gasteiger partial charge in [0, 0.05) is 77.4 Å². The highest BCUT2D eigenvalue weighted by molar-refractivity contribution is 8.01. The quantitative estimate of drug-likeness (QED) is 0.161. The molecule has 6 aliphatic rings. The molecule has 5 aliphatic heterocycles. The van der Waals surface area contributed by atoms with Crippen molar-refractivity contribution in [1.82, 2.24) is 46.7 Å². The summed E-state index contributed by atoms with van der Waals surface area (Å²) in [6.07, 6.45) is 9.87. The van der Waals surface area contributed by atoms with E-state index in [1.807, 2.05) is 18.3 Å². The summed E-state index contributed by atoms with van der Waals surface area (Å²) in [5.41, 5.74) is 0.907. The van der Waals surface area contributed by atoms with Crippen LogP contribution in [0.2, 0.25) is 0 Å². The molecule has 1 aliphatic carbocycles. The second kappa shape index (κ2) is 17.0. The van der Waals surface area contributed by atoms with Gasteiger partial charge in [0.25, 0.3) is 0 Å². The zero-order valence-electron chi connectivity index (χ0n) is 30.1. The number of carbonyl (C=O) groups is 3. The summed E-state index contributed by atoms with van der Waals surface area (Å²) in [7, 11) is 0. The van der Waals surface area contributed by atoms with E-state index in [-0.39, 0.29) is 58.1 Å². The number of anilines is 1. The molecule has 1 aromatic heterocycles. The lowest BCUT2D eigenvalue weighted by Crippen LogP contribution is -2.68. The van der Waals surface area contributed by atoms with Crippen LogP contribution in [-0.2, 0) is 14.4 Å². The zero-order valence-corrected chi connectivity index (χ0v) is 31.7. The summed E-state index contributed by atoms with van der Waals surface area (Å²) in [4.78, 5) is 49.2. The number of nitrogens with zero attached hydrogens (tertiary/aromatic N) is 4. The molecule has 6 N–H and O–H groups in total. The topological polar surface area (TPSA) is 146 Å². The van der Waals surface area contributed by atoms with Crippen molar-refractivity contribution in [2.45, 2.75) is 112 Å². The number of hydrogen-bond donors (Lipinski definition) is 6. The first kappa shape index (κ1) is 37.3. The molecule has 7 rings (SSSR count). The Bertz CT molecular complexity index is 1350. The lowest BCUT2D eigenvalue weighted by atomic mass is 9.85. The zero-order chi connectivity index (χ0) is 35.5. The first-order chi connectivity index (χ1) is 24.7. The highest BCUT2D eigenvalue weighted by Gasteiger charge is 2.38. The van der Waals surface area contributed by atoms with Crippen molar-refractivity contribution in [3.05, 3.63) is 23.9 Å². The molecule has 282 valence electrons. The van der Waals surface area contributed by atoms with E-state index >= 15 is 0 Å². The number of rotatable bonds is 9. The predicted molar refractivity (Wildman–Crippen MR) is 201 cm³/mol. The fraction of sp³-hybridized carbons (Fsp3) is 0.778. The van der Waals surface area contributed by atoms with Crippen molar-refractivity contribution in [2.24, 2.45) is 11.8 Å². The number of nitrogens with one attached hydrogen (secondary N) is 6. The molecule has 15 heteroatoms. The van der Waals surface area contributed by atoms with E-state index in [2.05, 4.69) is 60.4 Å². The molecular formula is C36H57ClN10O3S. The maximum absolute atomic E-state index is 13.1. The van der Waals surface area contributed by atoms with Crippen LogP contribution >= 0.6 is 23.4 Å². The minimum Gasteiger partial charge on any atom is -0.357 e. The van der Waals surface area contributed by atoms with Crippen LogP contribution in [0.1, 0.15) is 76.7 Å². The third-order valence-electron chi connectivity index (χ3n) is 12.0. The largest absolute Gasteiger partial charge is 0.357 e. The highest BCUT2D eigenvalue weighted by atomic mass is 35.5. The van der Waals surface area contributed by atoms with Crippen LogP contribution in [0.15, 0.2) is 18.3 Å². The van der Waals surface area contributed by atoms with Gasteiger partial charge in [0.15, 0.2) is 0 Å². The molecule has 6 fully saturated rings. The van der Waals surface area contributed by atoms with E-state index in [1.54, 1.807) is 11.8 Å². The third kappa shape index (κ3) is 9.37. The number of amides is 3. The van der Waals surface area contributed by atoms with Gasteiger partial charge in [0.2, 0.25) is 17.7 Å². The molecule has 1 aromatic rings. The summed E-state index contributed by atoms with van der Waals surface area (Å²) in [6, 6.07) is 4.09. The summed E-state index contributed by atoms with van der Waals surface area (Å²) in [5.74, 6) is 1.48. The SMILES string of the molecule is CC1NC(NC2NCC(C(=O)NC3C(C)CCCC3Cl)S2)CC(N2CCN(CC3CCN(c4ccc(C5CCC(=O)NC5=O)cn4)CC3)CC2)N1. The molecule has 3 amide bonds. The van der Waals surface area contributed by atoms with Gasteiger partial charge in [-0.05, 0) is 62.5 Å². The van der Waals surface area contributed by atoms with Gasteiger partial charge in [-0.25, -0.2) is 4.98 Å². The molecule has 6 heterocycles. The lowest BCUT2D eigenvalue weighted by molar-refractivity contribution is -0.134. The number of imide groups is 1. The third-order valence-corrected chi connectivity index (χ3v) is 13.7. The fourth-order valence-electron chi connectivity index (χ4n) is 8.89.